The lowest BCUT2D eigenvalue weighted by molar-refractivity contribution is -0.122. The number of hydrogen-bond acceptors (Lipinski definition) is 6. The summed E-state index contributed by atoms with van der Waals surface area (Å²) >= 11 is 0. The van der Waals surface area contributed by atoms with Crippen LogP contribution in [0.15, 0.2) is 51.7 Å². The maximum atomic E-state index is 12.5. The number of amides is 2. The molecule has 1 fully saturated rings. The van der Waals surface area contributed by atoms with Crippen LogP contribution in [-0.2, 0) is 16.0 Å². The third-order valence-electron chi connectivity index (χ3n) is 6.60. The fourth-order valence-corrected chi connectivity index (χ4v) is 4.67. The highest BCUT2D eigenvalue weighted by atomic mass is 16.5. The Morgan fingerprint density at radius 2 is 1.89 bits per heavy atom. The standard InChI is InChI=1S/C28H33N3O5/c1-18(15-27(33)30-20-7-6-8-21(16-20)31-13-4-5-14-31)29-26(32)12-11-24-19(2)23-10-9-22(35-3)17-25(23)36-28(24)34/h6-10,16-18H,4-5,11-15H2,1-3H3,(H,29,32)(H,30,33). The van der Waals surface area contributed by atoms with E-state index in [9.17, 15) is 14.4 Å². The van der Waals surface area contributed by atoms with Crippen molar-refractivity contribution in [3.63, 3.8) is 0 Å². The number of rotatable bonds is 9. The Hall–Kier alpha value is -3.81. The van der Waals surface area contributed by atoms with E-state index in [2.05, 4.69) is 21.6 Å². The summed E-state index contributed by atoms with van der Waals surface area (Å²) < 4.78 is 10.6. The summed E-state index contributed by atoms with van der Waals surface area (Å²) in [6.07, 6.45) is 2.91. The molecule has 1 unspecified atom stereocenters. The van der Waals surface area contributed by atoms with Gasteiger partial charge in [-0.3, -0.25) is 9.59 Å². The summed E-state index contributed by atoms with van der Waals surface area (Å²) in [5.41, 5.74) is 3.13. The third kappa shape index (κ3) is 6.05. The van der Waals surface area contributed by atoms with Crippen LogP contribution in [0.4, 0.5) is 11.4 Å². The summed E-state index contributed by atoms with van der Waals surface area (Å²) in [5, 5.41) is 6.60. The lowest BCUT2D eigenvalue weighted by Gasteiger charge is -2.19. The molecule has 190 valence electrons. The molecule has 1 aliphatic heterocycles. The molecule has 0 spiro atoms. The minimum absolute atomic E-state index is 0.122. The second-order valence-corrected chi connectivity index (χ2v) is 9.32. The lowest BCUT2D eigenvalue weighted by atomic mass is 10.0. The van der Waals surface area contributed by atoms with Crippen LogP contribution in [0, 0.1) is 6.92 Å². The molecule has 0 radical (unpaired) electrons. The van der Waals surface area contributed by atoms with Crippen molar-refractivity contribution in [2.75, 3.05) is 30.4 Å². The van der Waals surface area contributed by atoms with Crippen LogP contribution in [0.2, 0.25) is 0 Å². The van der Waals surface area contributed by atoms with E-state index in [1.165, 1.54) is 12.8 Å². The molecular weight excluding hydrogens is 458 g/mol. The Morgan fingerprint density at radius 1 is 1.11 bits per heavy atom. The molecule has 8 heteroatoms. The first-order chi connectivity index (χ1) is 17.3. The van der Waals surface area contributed by atoms with Crippen LogP contribution < -0.4 is 25.9 Å². The summed E-state index contributed by atoms with van der Waals surface area (Å²) in [4.78, 5) is 39.9. The molecule has 36 heavy (non-hydrogen) atoms. The van der Waals surface area contributed by atoms with E-state index in [0.717, 1.165) is 35.4 Å². The van der Waals surface area contributed by atoms with Crippen molar-refractivity contribution in [2.45, 2.75) is 52.0 Å². The van der Waals surface area contributed by atoms with E-state index in [1.807, 2.05) is 31.2 Å². The quantitative estimate of drug-likeness (QED) is 0.436. The Morgan fingerprint density at radius 3 is 2.64 bits per heavy atom. The van der Waals surface area contributed by atoms with Gasteiger partial charge in [-0.25, -0.2) is 4.79 Å². The van der Waals surface area contributed by atoms with Crippen LogP contribution in [0.5, 0.6) is 5.75 Å². The van der Waals surface area contributed by atoms with Crippen molar-refractivity contribution in [1.82, 2.24) is 5.32 Å². The van der Waals surface area contributed by atoms with Gasteiger partial charge in [0.05, 0.1) is 7.11 Å². The molecule has 8 nitrogen and oxygen atoms in total. The van der Waals surface area contributed by atoms with Crippen molar-refractivity contribution >= 4 is 34.2 Å². The molecular formula is C28H33N3O5. The largest absolute Gasteiger partial charge is 0.497 e. The van der Waals surface area contributed by atoms with Gasteiger partial charge >= 0.3 is 5.63 Å². The van der Waals surface area contributed by atoms with Crippen LogP contribution in [0.25, 0.3) is 11.0 Å². The highest BCUT2D eigenvalue weighted by Crippen LogP contribution is 2.25. The zero-order chi connectivity index (χ0) is 25.7. The predicted molar refractivity (Wildman–Crippen MR) is 141 cm³/mol. The van der Waals surface area contributed by atoms with Gasteiger partial charge in [-0.1, -0.05) is 6.07 Å². The van der Waals surface area contributed by atoms with E-state index in [1.54, 1.807) is 26.2 Å². The van der Waals surface area contributed by atoms with E-state index < -0.39 is 5.63 Å². The average molecular weight is 492 g/mol. The van der Waals surface area contributed by atoms with Crippen molar-refractivity contribution in [3.05, 3.63) is 64.0 Å². The number of fused-ring (bicyclic) bond motifs is 1. The number of hydrogen-bond donors (Lipinski definition) is 2. The van der Waals surface area contributed by atoms with Crippen LogP contribution >= 0.6 is 0 Å². The second kappa shape index (κ2) is 11.3. The maximum Gasteiger partial charge on any atom is 0.339 e. The van der Waals surface area contributed by atoms with Gasteiger partial charge in [-0.15, -0.1) is 0 Å². The zero-order valence-corrected chi connectivity index (χ0v) is 21.1. The fraction of sp³-hybridized carbons (Fsp3) is 0.393. The van der Waals surface area contributed by atoms with Gasteiger partial charge < -0.3 is 24.7 Å². The highest BCUT2D eigenvalue weighted by Gasteiger charge is 2.17. The Balaban J connectivity index is 1.29. The minimum Gasteiger partial charge on any atom is -0.497 e. The van der Waals surface area contributed by atoms with E-state index in [0.29, 0.717) is 16.9 Å². The van der Waals surface area contributed by atoms with E-state index >= 15 is 0 Å². The molecule has 1 aromatic heterocycles. The molecule has 2 heterocycles. The van der Waals surface area contributed by atoms with Crippen LogP contribution in [0.1, 0.15) is 43.7 Å². The zero-order valence-electron chi connectivity index (χ0n) is 21.1. The number of carbonyl (C=O) groups is 2. The molecule has 0 bridgehead atoms. The Labute approximate surface area is 210 Å². The highest BCUT2D eigenvalue weighted by molar-refractivity contribution is 5.92. The molecule has 4 rings (SSSR count). The number of nitrogens with one attached hydrogen (secondary N) is 2. The smallest absolute Gasteiger partial charge is 0.339 e. The molecule has 1 saturated heterocycles. The topological polar surface area (TPSA) is 101 Å². The lowest BCUT2D eigenvalue weighted by Crippen LogP contribution is -2.35. The Kier molecular flexibility index (Phi) is 7.93. The van der Waals surface area contributed by atoms with Crippen molar-refractivity contribution < 1.29 is 18.7 Å². The number of benzene rings is 2. The number of aryl methyl sites for hydroxylation is 1. The third-order valence-corrected chi connectivity index (χ3v) is 6.60. The van der Waals surface area contributed by atoms with Crippen LogP contribution in [0.3, 0.4) is 0 Å². The molecule has 2 amide bonds. The van der Waals surface area contributed by atoms with Gasteiger partial charge in [0.15, 0.2) is 0 Å². The van der Waals surface area contributed by atoms with Crippen molar-refractivity contribution in [3.8, 4) is 5.75 Å². The Bertz CT molecular complexity index is 1310. The summed E-state index contributed by atoms with van der Waals surface area (Å²) in [6.45, 7) is 5.72. The summed E-state index contributed by atoms with van der Waals surface area (Å²) in [6, 6.07) is 12.8. The number of nitrogens with zero attached hydrogens (tertiary/aromatic N) is 1. The van der Waals surface area contributed by atoms with E-state index in [-0.39, 0.29) is 37.1 Å². The van der Waals surface area contributed by atoms with Gasteiger partial charge in [-0.05, 0) is 69.0 Å². The molecule has 1 atom stereocenters. The monoisotopic (exact) mass is 491 g/mol. The minimum atomic E-state index is -0.454. The molecule has 2 aromatic carbocycles. The van der Waals surface area contributed by atoms with Crippen molar-refractivity contribution in [2.24, 2.45) is 0 Å². The van der Waals surface area contributed by atoms with Gasteiger partial charge in [-0.2, -0.15) is 0 Å². The number of methoxy groups -OCH3 is 1. The number of ether oxygens (including phenoxy) is 1. The van der Waals surface area contributed by atoms with E-state index in [4.69, 9.17) is 9.15 Å². The molecule has 0 saturated carbocycles. The number of carbonyl (C=O) groups excluding carboxylic acids is 2. The average Bonchev–Trinajstić information content (AvgIpc) is 3.38. The molecule has 1 aliphatic rings. The first-order valence-electron chi connectivity index (χ1n) is 12.4. The van der Waals surface area contributed by atoms with Gasteiger partial charge in [0.1, 0.15) is 11.3 Å². The predicted octanol–water partition coefficient (Wildman–Crippen LogP) is 4.18. The fourth-order valence-electron chi connectivity index (χ4n) is 4.67. The maximum absolute atomic E-state index is 12.5. The number of anilines is 2. The molecule has 2 N–H and O–H groups in total. The van der Waals surface area contributed by atoms with Gasteiger partial charge in [0.2, 0.25) is 11.8 Å². The first kappa shape index (κ1) is 25.3. The second-order valence-electron chi connectivity index (χ2n) is 9.32. The SMILES string of the molecule is COc1ccc2c(C)c(CCC(=O)NC(C)CC(=O)Nc3cccc(N4CCCC4)c3)c(=O)oc2c1. The van der Waals surface area contributed by atoms with Gasteiger partial charge in [0, 0.05) is 60.4 Å². The molecule has 0 aliphatic carbocycles. The summed E-state index contributed by atoms with van der Waals surface area (Å²) in [5.74, 6) is 0.220. The first-order valence-corrected chi connectivity index (χ1v) is 12.4. The summed E-state index contributed by atoms with van der Waals surface area (Å²) in [7, 11) is 1.55. The molecule has 3 aromatic rings. The van der Waals surface area contributed by atoms with Crippen molar-refractivity contribution in [1.29, 1.82) is 0 Å². The normalized spacial score (nSPS) is 14.0. The van der Waals surface area contributed by atoms with Gasteiger partial charge in [0.25, 0.3) is 0 Å². The van der Waals surface area contributed by atoms with Crippen LogP contribution in [-0.4, -0.2) is 38.1 Å².